The molecule has 178 valence electrons. The first-order valence-corrected chi connectivity index (χ1v) is 12.4. The first kappa shape index (κ1) is 24.4. The normalized spacial score (nSPS) is 16.9. The number of hydrogen-bond donors (Lipinski definition) is 1. The lowest BCUT2D eigenvalue weighted by atomic mass is 10.0. The van der Waals surface area contributed by atoms with Gasteiger partial charge in [-0.1, -0.05) is 67.6 Å². The Balaban J connectivity index is 1.69. The zero-order valence-electron chi connectivity index (χ0n) is 19.9. The molecule has 4 rings (SSSR count). The number of nitrogens with one attached hydrogen (secondary N) is 1. The lowest BCUT2D eigenvalue weighted by Gasteiger charge is -2.19. The lowest BCUT2D eigenvalue weighted by Crippen LogP contribution is -2.32. The topological polar surface area (TPSA) is 86.3 Å². The van der Waals surface area contributed by atoms with Crippen molar-refractivity contribution in [1.29, 1.82) is 5.26 Å². The molecule has 1 N–H and O–H groups in total. The maximum atomic E-state index is 13.6. The highest BCUT2D eigenvalue weighted by molar-refractivity contribution is 8.05. The molecule has 0 aliphatic carbocycles. The summed E-state index contributed by atoms with van der Waals surface area (Å²) < 4.78 is 5.27. The minimum absolute atomic E-state index is 0.0883. The molecule has 1 aliphatic rings. The monoisotopic (exact) mass is 485 g/mol. The molecular formula is C28H27N3O3S. The van der Waals surface area contributed by atoms with E-state index in [-0.39, 0.29) is 18.0 Å². The number of thioether (sulfide) groups is 1. The highest BCUT2D eigenvalue weighted by atomic mass is 32.2. The molecule has 1 fully saturated rings. The van der Waals surface area contributed by atoms with Crippen LogP contribution >= 0.6 is 11.8 Å². The van der Waals surface area contributed by atoms with Crippen molar-refractivity contribution in [2.24, 2.45) is 0 Å². The number of rotatable bonds is 7. The van der Waals surface area contributed by atoms with E-state index in [1.54, 1.807) is 12.1 Å². The fourth-order valence-electron chi connectivity index (χ4n) is 3.95. The molecule has 3 aromatic rings. The van der Waals surface area contributed by atoms with E-state index in [1.165, 1.54) is 22.9 Å². The Bertz CT molecular complexity index is 1290. The molecule has 1 aliphatic heterocycles. The number of furan rings is 1. The molecule has 7 heteroatoms. The molecule has 35 heavy (non-hydrogen) atoms. The Hall–Kier alpha value is -3.76. The second-order valence-electron chi connectivity index (χ2n) is 8.77. The summed E-state index contributed by atoms with van der Waals surface area (Å²) in [6.07, 6.45) is 2.02. The van der Waals surface area contributed by atoms with Crippen molar-refractivity contribution in [3.8, 4) is 6.07 Å². The molecule has 2 heterocycles. The van der Waals surface area contributed by atoms with E-state index >= 15 is 0 Å². The van der Waals surface area contributed by atoms with Gasteiger partial charge in [0.15, 0.2) is 0 Å². The fourth-order valence-corrected chi connectivity index (χ4v) is 5.26. The first-order valence-electron chi connectivity index (χ1n) is 11.5. The second-order valence-corrected chi connectivity index (χ2v) is 9.96. The van der Waals surface area contributed by atoms with Crippen molar-refractivity contribution in [1.82, 2.24) is 5.32 Å². The van der Waals surface area contributed by atoms with Crippen molar-refractivity contribution in [3.05, 3.63) is 100.0 Å². The second kappa shape index (κ2) is 10.7. The number of nitrogens with zero attached hydrogens (tertiary/aromatic N) is 2. The summed E-state index contributed by atoms with van der Waals surface area (Å²) in [7, 11) is 0. The van der Waals surface area contributed by atoms with Crippen LogP contribution in [0.2, 0.25) is 0 Å². The minimum Gasteiger partial charge on any atom is -0.467 e. The third kappa shape index (κ3) is 5.50. The van der Waals surface area contributed by atoms with E-state index in [9.17, 15) is 14.9 Å². The Kier molecular flexibility index (Phi) is 7.42. The number of amides is 2. The molecule has 2 aromatic carbocycles. The third-order valence-corrected chi connectivity index (χ3v) is 7.09. The van der Waals surface area contributed by atoms with Crippen molar-refractivity contribution >= 4 is 29.3 Å². The summed E-state index contributed by atoms with van der Waals surface area (Å²) >= 11 is 1.27. The van der Waals surface area contributed by atoms with Gasteiger partial charge < -0.3 is 9.73 Å². The largest absolute Gasteiger partial charge is 0.467 e. The van der Waals surface area contributed by atoms with Crippen LogP contribution in [0.5, 0.6) is 0 Å². The van der Waals surface area contributed by atoms with Crippen LogP contribution in [-0.4, -0.2) is 17.1 Å². The van der Waals surface area contributed by atoms with Gasteiger partial charge in [0.2, 0.25) is 5.91 Å². The standard InChI is InChI=1S/C28H27N3O3S/c1-18(2)21-9-11-22(12-10-21)31-27(33)25(15-20-7-4-6-19(3)14-20)35-28(31)24(16-29)26(32)30-17-23-8-5-13-34-23/h4-14,18,25H,15,17H2,1-3H3,(H,30,32)/b28-24-. The lowest BCUT2D eigenvalue weighted by molar-refractivity contribution is -0.117. The van der Waals surface area contributed by atoms with Crippen LogP contribution in [0.1, 0.15) is 42.2 Å². The van der Waals surface area contributed by atoms with Gasteiger partial charge in [-0.2, -0.15) is 5.26 Å². The molecule has 0 saturated carbocycles. The Morgan fingerprint density at radius 3 is 2.57 bits per heavy atom. The number of carbonyl (C=O) groups is 2. The number of anilines is 1. The number of benzene rings is 2. The van der Waals surface area contributed by atoms with Gasteiger partial charge in [-0.05, 0) is 54.7 Å². The van der Waals surface area contributed by atoms with Gasteiger partial charge in [0.1, 0.15) is 22.4 Å². The SMILES string of the molecule is Cc1cccc(CC2S/C(=C(/C#N)C(=O)NCc3ccco3)N(c3ccc(C(C)C)cc3)C2=O)c1. The van der Waals surface area contributed by atoms with Crippen LogP contribution in [0.15, 0.2) is 81.9 Å². The fraction of sp³-hybridized carbons (Fsp3) is 0.250. The Morgan fingerprint density at radius 1 is 1.17 bits per heavy atom. The zero-order chi connectivity index (χ0) is 24.9. The average molecular weight is 486 g/mol. The summed E-state index contributed by atoms with van der Waals surface area (Å²) in [4.78, 5) is 28.1. The van der Waals surface area contributed by atoms with Crippen molar-refractivity contribution in [3.63, 3.8) is 0 Å². The van der Waals surface area contributed by atoms with Gasteiger partial charge in [0.05, 0.1) is 18.1 Å². The summed E-state index contributed by atoms with van der Waals surface area (Å²) in [6.45, 7) is 6.37. The molecule has 1 unspecified atom stereocenters. The number of hydrogen-bond acceptors (Lipinski definition) is 5. The average Bonchev–Trinajstić information content (AvgIpc) is 3.47. The Labute approximate surface area is 209 Å². The summed E-state index contributed by atoms with van der Waals surface area (Å²) in [5.74, 6) is 0.239. The quantitative estimate of drug-likeness (QED) is 0.355. The predicted molar refractivity (Wildman–Crippen MR) is 137 cm³/mol. The predicted octanol–water partition coefficient (Wildman–Crippen LogP) is 5.45. The highest BCUT2D eigenvalue weighted by Crippen LogP contribution is 2.42. The molecule has 0 bridgehead atoms. The smallest absolute Gasteiger partial charge is 0.265 e. The Morgan fingerprint density at radius 2 is 1.94 bits per heavy atom. The van der Waals surface area contributed by atoms with Crippen LogP contribution in [-0.2, 0) is 22.6 Å². The van der Waals surface area contributed by atoms with E-state index in [1.807, 2.05) is 55.5 Å². The van der Waals surface area contributed by atoms with Crippen LogP contribution in [0.3, 0.4) is 0 Å². The summed E-state index contributed by atoms with van der Waals surface area (Å²) in [5.41, 5.74) is 3.85. The molecule has 1 atom stereocenters. The zero-order valence-corrected chi connectivity index (χ0v) is 20.8. The van der Waals surface area contributed by atoms with Crippen LogP contribution in [0, 0.1) is 18.3 Å². The van der Waals surface area contributed by atoms with Crippen LogP contribution in [0.4, 0.5) is 5.69 Å². The molecule has 6 nitrogen and oxygen atoms in total. The van der Waals surface area contributed by atoms with E-state index < -0.39 is 11.2 Å². The van der Waals surface area contributed by atoms with Crippen molar-refractivity contribution in [2.45, 2.75) is 44.9 Å². The minimum atomic E-state index is -0.542. The molecule has 0 radical (unpaired) electrons. The van der Waals surface area contributed by atoms with E-state index in [0.29, 0.717) is 28.8 Å². The van der Waals surface area contributed by atoms with Crippen molar-refractivity contribution < 1.29 is 14.0 Å². The van der Waals surface area contributed by atoms with E-state index in [2.05, 4.69) is 25.2 Å². The molecule has 1 aromatic heterocycles. The summed E-state index contributed by atoms with van der Waals surface area (Å²) in [5, 5.41) is 12.6. The number of nitriles is 1. The van der Waals surface area contributed by atoms with Crippen molar-refractivity contribution in [2.75, 3.05) is 4.90 Å². The van der Waals surface area contributed by atoms with Gasteiger partial charge in [0, 0.05) is 5.69 Å². The van der Waals surface area contributed by atoms with Gasteiger partial charge in [-0.3, -0.25) is 14.5 Å². The molecular weight excluding hydrogens is 458 g/mol. The van der Waals surface area contributed by atoms with Gasteiger partial charge in [0.25, 0.3) is 5.91 Å². The van der Waals surface area contributed by atoms with Crippen LogP contribution in [0.25, 0.3) is 0 Å². The number of aryl methyl sites for hydroxylation is 1. The van der Waals surface area contributed by atoms with Gasteiger partial charge in [-0.25, -0.2) is 0 Å². The van der Waals surface area contributed by atoms with E-state index in [0.717, 1.165) is 16.7 Å². The highest BCUT2D eigenvalue weighted by Gasteiger charge is 2.40. The van der Waals surface area contributed by atoms with Crippen LogP contribution < -0.4 is 10.2 Å². The van der Waals surface area contributed by atoms with Gasteiger partial charge >= 0.3 is 0 Å². The van der Waals surface area contributed by atoms with Gasteiger partial charge in [-0.15, -0.1) is 0 Å². The molecule has 2 amide bonds. The summed E-state index contributed by atoms with van der Waals surface area (Å²) in [6, 6.07) is 21.2. The molecule has 1 saturated heterocycles. The first-order chi connectivity index (χ1) is 16.9. The number of carbonyl (C=O) groups excluding carboxylic acids is 2. The van der Waals surface area contributed by atoms with E-state index in [4.69, 9.17) is 4.42 Å². The maximum absolute atomic E-state index is 13.6. The third-order valence-electron chi connectivity index (χ3n) is 5.83. The maximum Gasteiger partial charge on any atom is 0.265 e. The molecule has 0 spiro atoms.